The van der Waals surface area contributed by atoms with E-state index in [1.165, 1.54) is 83.0 Å². The number of benzene rings is 2. The van der Waals surface area contributed by atoms with E-state index in [4.69, 9.17) is 9.47 Å². The van der Waals surface area contributed by atoms with Crippen molar-refractivity contribution in [2.24, 2.45) is 0 Å². The van der Waals surface area contributed by atoms with Gasteiger partial charge >= 0.3 is 0 Å². The minimum absolute atomic E-state index is 0.00299. The number of hydrogen-bond donors (Lipinski definition) is 1. The van der Waals surface area contributed by atoms with Gasteiger partial charge in [0.05, 0.1) is 25.1 Å². The average Bonchev–Trinajstić information content (AvgIpc) is 2.99. The Balaban J connectivity index is 1.13. The van der Waals surface area contributed by atoms with Crippen molar-refractivity contribution in [3.8, 4) is 11.5 Å². The molecular formula is C31H39F2N5O2. The number of anilines is 2. The van der Waals surface area contributed by atoms with Crippen molar-refractivity contribution >= 4 is 11.6 Å². The van der Waals surface area contributed by atoms with Gasteiger partial charge in [-0.2, -0.15) is 0 Å². The van der Waals surface area contributed by atoms with Crippen LogP contribution in [0.25, 0.3) is 0 Å². The molecular weight excluding hydrogens is 512 g/mol. The molecule has 3 aromatic rings. The van der Waals surface area contributed by atoms with Crippen molar-refractivity contribution in [3.63, 3.8) is 0 Å². The highest BCUT2D eigenvalue weighted by molar-refractivity contribution is 5.54. The van der Waals surface area contributed by atoms with Gasteiger partial charge in [0.1, 0.15) is 12.4 Å². The molecule has 5 rings (SSSR count). The Labute approximate surface area is 235 Å². The number of nitrogens with one attached hydrogen (secondary N) is 1. The number of ether oxygens (including phenoxy) is 2. The van der Waals surface area contributed by atoms with E-state index in [0.29, 0.717) is 29.6 Å². The Kier molecular flexibility index (Phi) is 9.11. The maximum Gasteiger partial charge on any atom is 0.227 e. The number of rotatable bonds is 9. The number of piperidine rings is 2. The fourth-order valence-corrected chi connectivity index (χ4v) is 5.79. The van der Waals surface area contributed by atoms with Gasteiger partial charge in [0.25, 0.3) is 0 Å². The number of aryl methyl sites for hydroxylation is 1. The predicted molar refractivity (Wildman–Crippen MR) is 152 cm³/mol. The van der Waals surface area contributed by atoms with E-state index in [1.807, 2.05) is 0 Å². The smallest absolute Gasteiger partial charge is 0.227 e. The summed E-state index contributed by atoms with van der Waals surface area (Å²) in [7, 11) is 3.57. The number of nitrogens with zero attached hydrogens (tertiary/aromatic N) is 4. The molecule has 3 heterocycles. The van der Waals surface area contributed by atoms with Crippen LogP contribution in [0.15, 0.2) is 42.7 Å². The molecule has 2 aliphatic rings. The van der Waals surface area contributed by atoms with Crippen molar-refractivity contribution in [2.45, 2.75) is 57.6 Å². The second kappa shape index (κ2) is 12.9. The normalized spacial score (nSPS) is 17.6. The summed E-state index contributed by atoms with van der Waals surface area (Å²) in [6.07, 6.45) is 8.36. The molecule has 0 saturated carbocycles. The third-order valence-corrected chi connectivity index (χ3v) is 8.32. The molecule has 214 valence electrons. The molecule has 2 aliphatic heterocycles. The third-order valence-electron chi connectivity index (χ3n) is 8.32. The molecule has 1 aromatic heterocycles. The van der Waals surface area contributed by atoms with Gasteiger partial charge in [-0.25, -0.2) is 18.7 Å². The van der Waals surface area contributed by atoms with Crippen molar-refractivity contribution < 1.29 is 18.3 Å². The zero-order valence-corrected chi connectivity index (χ0v) is 23.6. The summed E-state index contributed by atoms with van der Waals surface area (Å²) >= 11 is 0. The molecule has 0 bridgehead atoms. The van der Waals surface area contributed by atoms with Gasteiger partial charge in [-0.1, -0.05) is 19.1 Å². The van der Waals surface area contributed by atoms with E-state index >= 15 is 0 Å². The van der Waals surface area contributed by atoms with Crippen LogP contribution < -0.4 is 14.8 Å². The lowest BCUT2D eigenvalue weighted by Crippen LogP contribution is -2.46. The molecule has 0 aliphatic carbocycles. The Bertz CT molecular complexity index is 1230. The van der Waals surface area contributed by atoms with E-state index < -0.39 is 11.6 Å². The molecule has 0 spiro atoms. The van der Waals surface area contributed by atoms with Crippen LogP contribution in [-0.2, 0) is 13.0 Å². The van der Waals surface area contributed by atoms with Crippen LogP contribution in [0, 0.1) is 11.6 Å². The first kappa shape index (κ1) is 28.2. The van der Waals surface area contributed by atoms with Gasteiger partial charge < -0.3 is 24.6 Å². The van der Waals surface area contributed by atoms with Crippen molar-refractivity contribution in [1.82, 2.24) is 19.8 Å². The second-order valence-corrected chi connectivity index (χ2v) is 10.8. The summed E-state index contributed by atoms with van der Waals surface area (Å²) in [5, 5.41) is 3.21. The Morgan fingerprint density at radius 1 is 0.950 bits per heavy atom. The van der Waals surface area contributed by atoms with Gasteiger partial charge in [0.15, 0.2) is 17.3 Å². The van der Waals surface area contributed by atoms with E-state index in [1.54, 1.807) is 6.92 Å². The van der Waals surface area contributed by atoms with Gasteiger partial charge in [0.2, 0.25) is 5.95 Å². The standard InChI is InChI=1S/C31H39F2N5O2/c1-4-21-17-28(39-3)30(33)27(29(21)32)20-40-26-18-34-31(35-19-26)36-24-7-5-22(6-8-24)23-9-15-38(16-10-23)25-11-13-37(2)14-12-25/h5-8,17-19,23,25H,4,9-16,20H2,1-3H3,(H,34,35,36). The first-order valence-corrected chi connectivity index (χ1v) is 14.2. The van der Waals surface area contributed by atoms with E-state index in [2.05, 4.69) is 56.4 Å². The molecule has 9 heteroatoms. The van der Waals surface area contributed by atoms with Crippen molar-refractivity contribution in [3.05, 3.63) is 71.1 Å². The quantitative estimate of drug-likeness (QED) is 0.354. The average molecular weight is 552 g/mol. The topological polar surface area (TPSA) is 62.8 Å². The summed E-state index contributed by atoms with van der Waals surface area (Å²) in [6, 6.07) is 10.6. The third kappa shape index (κ3) is 6.53. The van der Waals surface area contributed by atoms with E-state index in [-0.39, 0.29) is 17.9 Å². The molecule has 2 saturated heterocycles. The summed E-state index contributed by atoms with van der Waals surface area (Å²) < 4.78 is 40.0. The number of likely N-dealkylation sites (tertiary alicyclic amines) is 2. The predicted octanol–water partition coefficient (Wildman–Crippen LogP) is 5.92. The summed E-state index contributed by atoms with van der Waals surface area (Å²) in [5.41, 5.74) is 2.47. The van der Waals surface area contributed by atoms with Crippen LogP contribution in [0.1, 0.15) is 55.2 Å². The molecule has 0 unspecified atom stereocenters. The molecule has 40 heavy (non-hydrogen) atoms. The highest BCUT2D eigenvalue weighted by Crippen LogP contribution is 2.32. The summed E-state index contributed by atoms with van der Waals surface area (Å²) in [5.74, 6) is -0.0618. The van der Waals surface area contributed by atoms with Gasteiger partial charge in [0, 0.05) is 11.7 Å². The second-order valence-electron chi connectivity index (χ2n) is 10.8. The largest absolute Gasteiger partial charge is 0.494 e. The molecule has 2 fully saturated rings. The number of hydrogen-bond acceptors (Lipinski definition) is 7. The maximum absolute atomic E-state index is 14.7. The number of halogens is 2. The number of methoxy groups -OCH3 is 1. The molecule has 1 N–H and O–H groups in total. The minimum Gasteiger partial charge on any atom is -0.494 e. The summed E-state index contributed by atoms with van der Waals surface area (Å²) in [4.78, 5) is 13.7. The lowest BCUT2D eigenvalue weighted by Gasteiger charge is -2.41. The maximum atomic E-state index is 14.7. The van der Waals surface area contributed by atoms with Crippen molar-refractivity contribution in [1.29, 1.82) is 0 Å². The Morgan fingerprint density at radius 3 is 2.25 bits per heavy atom. The Hall–Kier alpha value is -3.30. The first-order chi connectivity index (χ1) is 19.4. The molecule has 0 atom stereocenters. The fourth-order valence-electron chi connectivity index (χ4n) is 5.79. The molecule has 2 aromatic carbocycles. The van der Waals surface area contributed by atoms with Crippen LogP contribution in [0.2, 0.25) is 0 Å². The van der Waals surface area contributed by atoms with E-state index in [0.717, 1.165) is 11.7 Å². The highest BCUT2D eigenvalue weighted by Gasteiger charge is 2.28. The zero-order chi connectivity index (χ0) is 28.1. The summed E-state index contributed by atoms with van der Waals surface area (Å²) in [6.45, 7) is 6.28. The highest BCUT2D eigenvalue weighted by atomic mass is 19.1. The van der Waals surface area contributed by atoms with Gasteiger partial charge in [-0.3, -0.25) is 0 Å². The fraction of sp³-hybridized carbons (Fsp3) is 0.484. The lowest BCUT2D eigenvalue weighted by molar-refractivity contribution is 0.0966. The van der Waals surface area contributed by atoms with Gasteiger partial charge in [-0.05, 0) is 101 Å². The SMILES string of the molecule is CCc1cc(OC)c(F)c(COc2cnc(Nc3ccc(C4CCN(C5CCN(C)CC5)CC4)cc3)nc2)c1F. The number of aromatic nitrogens is 2. The van der Waals surface area contributed by atoms with E-state index in [9.17, 15) is 8.78 Å². The molecule has 0 amide bonds. The molecule has 0 radical (unpaired) electrons. The Morgan fingerprint density at radius 2 is 1.62 bits per heavy atom. The molecule has 7 nitrogen and oxygen atoms in total. The van der Waals surface area contributed by atoms with Crippen LogP contribution in [0.3, 0.4) is 0 Å². The van der Waals surface area contributed by atoms with Crippen LogP contribution in [-0.4, -0.2) is 66.1 Å². The zero-order valence-electron chi connectivity index (χ0n) is 23.6. The van der Waals surface area contributed by atoms with Crippen LogP contribution >= 0.6 is 0 Å². The van der Waals surface area contributed by atoms with Gasteiger partial charge in [-0.15, -0.1) is 0 Å². The lowest BCUT2D eigenvalue weighted by atomic mass is 9.88. The first-order valence-electron chi connectivity index (χ1n) is 14.2. The monoisotopic (exact) mass is 551 g/mol. The van der Waals surface area contributed by atoms with Crippen molar-refractivity contribution in [2.75, 3.05) is 45.7 Å². The van der Waals surface area contributed by atoms with Crippen LogP contribution in [0.5, 0.6) is 11.5 Å². The minimum atomic E-state index is -0.761. The van der Waals surface area contributed by atoms with Crippen LogP contribution in [0.4, 0.5) is 20.4 Å².